The molecule has 0 aliphatic rings. The number of hydrogen-bond acceptors (Lipinski definition) is 1. The van der Waals surface area contributed by atoms with Crippen molar-refractivity contribution in [2.45, 2.75) is 0 Å². The van der Waals surface area contributed by atoms with Crippen LogP contribution in [0.2, 0.25) is 0 Å². The highest BCUT2D eigenvalue weighted by Gasteiger charge is 2.05. The number of rotatable bonds is 0. The first-order valence-corrected chi connectivity index (χ1v) is 6.98. The molecule has 2 rings (SSSR count). The van der Waals surface area contributed by atoms with Gasteiger partial charge >= 0.3 is 0 Å². The average molecular weight is 465 g/mol. The SMILES string of the molecule is Brc1cc2ccc(I)c(I)c2s1. The summed E-state index contributed by atoms with van der Waals surface area (Å²) in [4.78, 5) is 0. The monoisotopic (exact) mass is 464 g/mol. The van der Waals surface area contributed by atoms with E-state index in [1.54, 1.807) is 11.3 Å². The topological polar surface area (TPSA) is 0 Å². The summed E-state index contributed by atoms with van der Waals surface area (Å²) in [5.74, 6) is 0. The Morgan fingerprint density at radius 1 is 1.25 bits per heavy atom. The number of thiophene rings is 1. The third-order valence-corrected chi connectivity index (χ3v) is 6.64. The second kappa shape index (κ2) is 3.70. The molecule has 0 spiro atoms. The molecule has 1 aromatic heterocycles. The van der Waals surface area contributed by atoms with E-state index in [0.717, 1.165) is 0 Å². The van der Waals surface area contributed by atoms with Crippen LogP contribution >= 0.6 is 72.4 Å². The zero-order valence-corrected chi connectivity index (χ0v) is 12.5. The highest BCUT2D eigenvalue weighted by Crippen LogP contribution is 2.34. The van der Waals surface area contributed by atoms with Crippen LogP contribution in [0.1, 0.15) is 0 Å². The van der Waals surface area contributed by atoms with Crippen molar-refractivity contribution >= 4 is 82.5 Å². The van der Waals surface area contributed by atoms with E-state index in [4.69, 9.17) is 0 Å². The van der Waals surface area contributed by atoms with Crippen molar-refractivity contribution in [1.82, 2.24) is 0 Å². The van der Waals surface area contributed by atoms with Gasteiger partial charge in [-0.15, -0.1) is 11.3 Å². The molecule has 0 aliphatic carbocycles. The van der Waals surface area contributed by atoms with Crippen LogP contribution in [0.3, 0.4) is 0 Å². The van der Waals surface area contributed by atoms with Crippen LogP contribution in [0.25, 0.3) is 10.1 Å². The van der Waals surface area contributed by atoms with Crippen molar-refractivity contribution in [3.8, 4) is 0 Å². The first kappa shape index (κ1) is 9.67. The molecule has 0 amide bonds. The lowest BCUT2D eigenvalue weighted by atomic mass is 10.3. The molecule has 0 unspecified atom stereocenters. The number of halogens is 3. The fourth-order valence-electron chi connectivity index (χ4n) is 1.01. The normalized spacial score (nSPS) is 10.9. The van der Waals surface area contributed by atoms with Gasteiger partial charge in [0, 0.05) is 11.8 Å². The fourth-order valence-corrected chi connectivity index (χ4v) is 4.03. The van der Waals surface area contributed by atoms with Crippen LogP contribution in [0, 0.1) is 7.14 Å². The molecule has 0 fully saturated rings. The van der Waals surface area contributed by atoms with Gasteiger partial charge in [-0.05, 0) is 78.6 Å². The maximum absolute atomic E-state index is 3.50. The lowest BCUT2D eigenvalue weighted by Crippen LogP contribution is -1.76. The van der Waals surface area contributed by atoms with E-state index in [1.165, 1.54) is 21.0 Å². The van der Waals surface area contributed by atoms with Crippen molar-refractivity contribution in [2.75, 3.05) is 0 Å². The molecule has 62 valence electrons. The average Bonchev–Trinajstić information content (AvgIpc) is 2.39. The molecule has 12 heavy (non-hydrogen) atoms. The molecule has 1 heterocycles. The summed E-state index contributed by atoms with van der Waals surface area (Å²) in [6, 6.07) is 6.49. The number of benzene rings is 1. The summed E-state index contributed by atoms with van der Waals surface area (Å²) >= 11 is 10.1. The molecule has 0 N–H and O–H groups in total. The third kappa shape index (κ3) is 1.67. The molecule has 1 aromatic carbocycles. The maximum Gasteiger partial charge on any atom is 0.0711 e. The number of hydrogen-bond donors (Lipinski definition) is 0. The molecule has 0 atom stereocenters. The van der Waals surface area contributed by atoms with Gasteiger partial charge in [0.25, 0.3) is 0 Å². The fraction of sp³-hybridized carbons (Fsp3) is 0. The maximum atomic E-state index is 3.50. The third-order valence-electron chi connectivity index (χ3n) is 1.55. The van der Waals surface area contributed by atoms with Gasteiger partial charge in [0.15, 0.2) is 0 Å². The van der Waals surface area contributed by atoms with Crippen LogP contribution in [0.15, 0.2) is 22.0 Å². The quantitative estimate of drug-likeness (QED) is 0.488. The Labute approximate surface area is 110 Å². The van der Waals surface area contributed by atoms with E-state index in [0.29, 0.717) is 0 Å². The zero-order chi connectivity index (χ0) is 8.72. The summed E-state index contributed by atoms with van der Waals surface area (Å²) in [5, 5.41) is 1.33. The molecule has 4 heteroatoms. The zero-order valence-electron chi connectivity index (χ0n) is 5.77. The predicted molar refractivity (Wildman–Crippen MR) is 75.0 cm³/mol. The van der Waals surface area contributed by atoms with Crippen molar-refractivity contribution in [2.24, 2.45) is 0 Å². The molecule has 0 saturated heterocycles. The minimum absolute atomic E-state index is 1.21. The highest BCUT2D eigenvalue weighted by atomic mass is 127. The molecule has 0 bridgehead atoms. The Morgan fingerprint density at radius 3 is 2.75 bits per heavy atom. The first-order chi connectivity index (χ1) is 5.68. The second-order valence-electron chi connectivity index (χ2n) is 2.33. The summed E-state index contributed by atoms with van der Waals surface area (Å²) in [7, 11) is 0. The van der Waals surface area contributed by atoms with Crippen molar-refractivity contribution in [3.63, 3.8) is 0 Å². The van der Waals surface area contributed by atoms with E-state index in [2.05, 4.69) is 79.3 Å². The Kier molecular flexibility index (Phi) is 2.98. The molecular formula is C8H3BrI2S. The Morgan fingerprint density at radius 2 is 2.00 bits per heavy atom. The van der Waals surface area contributed by atoms with Crippen LogP contribution < -0.4 is 0 Å². The van der Waals surface area contributed by atoms with Crippen LogP contribution in [-0.4, -0.2) is 0 Å². The smallest absolute Gasteiger partial charge is 0.0711 e. The lowest BCUT2D eigenvalue weighted by molar-refractivity contribution is 1.70. The largest absolute Gasteiger partial charge is 0.127 e. The van der Waals surface area contributed by atoms with E-state index in [-0.39, 0.29) is 0 Å². The molecule has 2 aromatic rings. The molecule has 0 aliphatic heterocycles. The Bertz CT molecular complexity index is 436. The van der Waals surface area contributed by atoms with Gasteiger partial charge in [0.05, 0.1) is 3.79 Å². The van der Waals surface area contributed by atoms with Crippen molar-refractivity contribution in [1.29, 1.82) is 0 Å². The van der Waals surface area contributed by atoms with E-state index < -0.39 is 0 Å². The van der Waals surface area contributed by atoms with Crippen molar-refractivity contribution < 1.29 is 0 Å². The van der Waals surface area contributed by atoms with Crippen LogP contribution in [0.5, 0.6) is 0 Å². The van der Waals surface area contributed by atoms with E-state index >= 15 is 0 Å². The second-order valence-corrected chi connectivity index (χ2v) is 7.00. The molecule has 0 saturated carbocycles. The van der Waals surface area contributed by atoms with Crippen LogP contribution in [-0.2, 0) is 0 Å². The van der Waals surface area contributed by atoms with Gasteiger partial charge < -0.3 is 0 Å². The van der Waals surface area contributed by atoms with Gasteiger partial charge in [0.2, 0.25) is 0 Å². The van der Waals surface area contributed by atoms with Gasteiger partial charge in [-0.25, -0.2) is 0 Å². The van der Waals surface area contributed by atoms with E-state index in [9.17, 15) is 0 Å². The van der Waals surface area contributed by atoms with Gasteiger partial charge in [-0.2, -0.15) is 0 Å². The van der Waals surface area contributed by atoms with Gasteiger partial charge in [-0.1, -0.05) is 6.07 Å². The summed E-state index contributed by atoms with van der Waals surface area (Å²) < 4.78 is 5.28. The molecular weight excluding hydrogens is 462 g/mol. The first-order valence-electron chi connectivity index (χ1n) is 3.21. The van der Waals surface area contributed by atoms with Gasteiger partial charge in [0.1, 0.15) is 0 Å². The standard InChI is InChI=1S/C8H3BrI2S/c9-6-3-4-1-2-5(10)7(11)8(4)12-6/h1-3H. The van der Waals surface area contributed by atoms with Crippen LogP contribution in [0.4, 0.5) is 0 Å². The summed E-state index contributed by atoms with van der Waals surface area (Å²) in [6.07, 6.45) is 0. The van der Waals surface area contributed by atoms with Gasteiger partial charge in [-0.3, -0.25) is 0 Å². The lowest BCUT2D eigenvalue weighted by Gasteiger charge is -1.95. The predicted octanol–water partition coefficient (Wildman–Crippen LogP) is 4.87. The Balaban J connectivity index is 2.89. The van der Waals surface area contributed by atoms with Crippen molar-refractivity contribution in [3.05, 3.63) is 29.1 Å². The minimum Gasteiger partial charge on any atom is -0.127 e. The summed E-state index contributed by atoms with van der Waals surface area (Å²) in [6.45, 7) is 0. The summed E-state index contributed by atoms with van der Waals surface area (Å²) in [5.41, 5.74) is 0. The molecule has 0 radical (unpaired) electrons. The minimum atomic E-state index is 1.21. The number of fused-ring (bicyclic) bond motifs is 1. The highest BCUT2D eigenvalue weighted by molar-refractivity contribution is 14.1. The molecule has 0 nitrogen and oxygen atoms in total. The Hall–Kier alpha value is 1.12. The van der Waals surface area contributed by atoms with E-state index in [1.807, 2.05) is 0 Å².